The molecule has 1 atom stereocenters. The predicted molar refractivity (Wildman–Crippen MR) is 65.4 cm³/mol. The summed E-state index contributed by atoms with van der Waals surface area (Å²) in [5.74, 6) is 0.141. The highest BCUT2D eigenvalue weighted by atomic mass is 19.1. The fourth-order valence-electron chi connectivity index (χ4n) is 2.37. The van der Waals surface area contributed by atoms with Crippen LogP contribution in [0.4, 0.5) is 10.2 Å². The molecule has 0 saturated carbocycles. The number of nitrogens with two attached hydrogens (primary N) is 1. The first kappa shape index (κ1) is 12.2. The third-order valence-corrected chi connectivity index (χ3v) is 3.35. The van der Waals surface area contributed by atoms with E-state index in [2.05, 4.69) is 9.97 Å². The Balaban J connectivity index is 2.31. The number of rotatable bonds is 3. The van der Waals surface area contributed by atoms with Gasteiger partial charge in [0.05, 0.1) is 5.69 Å². The summed E-state index contributed by atoms with van der Waals surface area (Å²) in [6, 6.07) is 0.206. The van der Waals surface area contributed by atoms with Gasteiger partial charge in [0, 0.05) is 19.1 Å². The molecule has 0 spiro atoms. The van der Waals surface area contributed by atoms with Crippen LogP contribution < -0.4 is 10.6 Å². The zero-order valence-electron chi connectivity index (χ0n) is 10.2. The van der Waals surface area contributed by atoms with E-state index in [-0.39, 0.29) is 11.9 Å². The summed E-state index contributed by atoms with van der Waals surface area (Å²) >= 11 is 0. The summed E-state index contributed by atoms with van der Waals surface area (Å²) < 4.78 is 14.2. The van der Waals surface area contributed by atoms with E-state index < -0.39 is 0 Å². The molecule has 2 rings (SSSR count). The van der Waals surface area contributed by atoms with Crippen molar-refractivity contribution in [1.29, 1.82) is 0 Å². The van der Waals surface area contributed by atoms with Gasteiger partial charge in [0.2, 0.25) is 0 Å². The predicted octanol–water partition coefficient (Wildman–Crippen LogP) is 1.50. The number of hydrogen-bond donors (Lipinski definition) is 1. The summed E-state index contributed by atoms with van der Waals surface area (Å²) in [5, 5.41) is 0. The molecule has 0 bridgehead atoms. The lowest BCUT2D eigenvalue weighted by atomic mass is 10.0. The van der Waals surface area contributed by atoms with Crippen LogP contribution in [0.1, 0.15) is 31.9 Å². The average Bonchev–Trinajstić information content (AvgIpc) is 2.39. The highest BCUT2D eigenvalue weighted by Gasteiger charge is 2.25. The van der Waals surface area contributed by atoms with E-state index in [4.69, 9.17) is 5.73 Å². The second kappa shape index (κ2) is 5.40. The standard InChI is InChI=1S/C12H19FN4/c1-2-10-11(13)12(16-8-15-10)17-6-4-3-5-9(17)7-14/h8-9H,2-7,14H2,1H3. The van der Waals surface area contributed by atoms with Gasteiger partial charge in [-0.2, -0.15) is 0 Å². The van der Waals surface area contributed by atoms with Crippen molar-refractivity contribution < 1.29 is 4.39 Å². The van der Waals surface area contributed by atoms with E-state index in [0.29, 0.717) is 24.5 Å². The van der Waals surface area contributed by atoms with Crippen molar-refractivity contribution in [1.82, 2.24) is 9.97 Å². The smallest absolute Gasteiger partial charge is 0.187 e. The Labute approximate surface area is 101 Å². The number of anilines is 1. The van der Waals surface area contributed by atoms with Crippen molar-refractivity contribution in [3.05, 3.63) is 17.8 Å². The third-order valence-electron chi connectivity index (χ3n) is 3.35. The molecule has 1 aliphatic rings. The molecule has 1 aromatic heterocycles. The zero-order chi connectivity index (χ0) is 12.3. The quantitative estimate of drug-likeness (QED) is 0.867. The van der Waals surface area contributed by atoms with Crippen molar-refractivity contribution in [2.24, 2.45) is 5.73 Å². The Morgan fingerprint density at radius 1 is 1.47 bits per heavy atom. The van der Waals surface area contributed by atoms with Gasteiger partial charge in [0.25, 0.3) is 0 Å². The molecule has 0 radical (unpaired) electrons. The van der Waals surface area contributed by atoms with Gasteiger partial charge in [-0.1, -0.05) is 6.92 Å². The Hall–Kier alpha value is -1.23. The number of piperidine rings is 1. The number of aryl methyl sites for hydroxylation is 1. The molecule has 0 aromatic carbocycles. The van der Waals surface area contributed by atoms with E-state index in [1.165, 1.54) is 6.33 Å². The molecule has 1 aliphatic heterocycles. The summed E-state index contributed by atoms with van der Waals surface area (Å²) in [6.45, 7) is 3.27. The topological polar surface area (TPSA) is 55.0 Å². The van der Waals surface area contributed by atoms with Crippen LogP contribution in [0.25, 0.3) is 0 Å². The van der Waals surface area contributed by atoms with Gasteiger partial charge in [-0.3, -0.25) is 0 Å². The number of nitrogens with zero attached hydrogens (tertiary/aromatic N) is 3. The fraction of sp³-hybridized carbons (Fsp3) is 0.667. The number of hydrogen-bond acceptors (Lipinski definition) is 4. The highest BCUT2D eigenvalue weighted by Crippen LogP contribution is 2.25. The Morgan fingerprint density at radius 2 is 2.29 bits per heavy atom. The second-order valence-electron chi connectivity index (χ2n) is 4.39. The molecular weight excluding hydrogens is 219 g/mol. The molecule has 1 saturated heterocycles. The molecular formula is C12H19FN4. The van der Waals surface area contributed by atoms with E-state index >= 15 is 0 Å². The van der Waals surface area contributed by atoms with Gasteiger partial charge in [0.15, 0.2) is 11.6 Å². The molecule has 4 nitrogen and oxygen atoms in total. The van der Waals surface area contributed by atoms with Crippen molar-refractivity contribution in [2.75, 3.05) is 18.0 Å². The summed E-state index contributed by atoms with van der Waals surface area (Å²) in [6.07, 6.45) is 5.27. The van der Waals surface area contributed by atoms with Crippen LogP contribution >= 0.6 is 0 Å². The minimum atomic E-state index is -0.282. The van der Waals surface area contributed by atoms with Gasteiger partial charge in [-0.15, -0.1) is 0 Å². The van der Waals surface area contributed by atoms with E-state index in [1.807, 2.05) is 11.8 Å². The first-order valence-corrected chi connectivity index (χ1v) is 6.24. The number of aromatic nitrogens is 2. The van der Waals surface area contributed by atoms with Gasteiger partial charge in [-0.25, -0.2) is 14.4 Å². The van der Waals surface area contributed by atoms with Crippen LogP contribution in [0, 0.1) is 5.82 Å². The summed E-state index contributed by atoms with van der Waals surface area (Å²) in [4.78, 5) is 10.1. The van der Waals surface area contributed by atoms with Gasteiger partial charge in [-0.05, 0) is 25.7 Å². The van der Waals surface area contributed by atoms with Gasteiger partial charge >= 0.3 is 0 Å². The fourth-order valence-corrected chi connectivity index (χ4v) is 2.37. The lowest BCUT2D eigenvalue weighted by molar-refractivity contribution is 0.451. The minimum Gasteiger partial charge on any atom is -0.350 e. The summed E-state index contributed by atoms with van der Waals surface area (Å²) in [5.41, 5.74) is 6.23. The molecule has 1 unspecified atom stereocenters. The Morgan fingerprint density at radius 3 is 3.00 bits per heavy atom. The SMILES string of the molecule is CCc1ncnc(N2CCCCC2CN)c1F. The zero-order valence-corrected chi connectivity index (χ0v) is 10.2. The third kappa shape index (κ3) is 2.39. The normalized spacial score (nSPS) is 20.6. The van der Waals surface area contributed by atoms with Crippen molar-refractivity contribution in [2.45, 2.75) is 38.6 Å². The molecule has 0 aliphatic carbocycles. The maximum absolute atomic E-state index is 14.2. The molecule has 5 heteroatoms. The largest absolute Gasteiger partial charge is 0.350 e. The van der Waals surface area contributed by atoms with Crippen LogP contribution in [-0.4, -0.2) is 29.1 Å². The molecule has 94 valence electrons. The lowest BCUT2D eigenvalue weighted by Crippen LogP contribution is -2.45. The monoisotopic (exact) mass is 238 g/mol. The molecule has 2 N–H and O–H groups in total. The molecule has 2 heterocycles. The van der Waals surface area contributed by atoms with Crippen molar-refractivity contribution >= 4 is 5.82 Å². The first-order valence-electron chi connectivity index (χ1n) is 6.24. The highest BCUT2D eigenvalue weighted by molar-refractivity contribution is 5.42. The Bertz CT molecular complexity index is 383. The van der Waals surface area contributed by atoms with E-state index in [1.54, 1.807) is 0 Å². The molecule has 0 amide bonds. The minimum absolute atomic E-state index is 0.206. The van der Waals surface area contributed by atoms with Crippen LogP contribution in [0.5, 0.6) is 0 Å². The van der Waals surface area contributed by atoms with Gasteiger partial charge in [0.1, 0.15) is 6.33 Å². The number of halogens is 1. The van der Waals surface area contributed by atoms with Crippen molar-refractivity contribution in [3.8, 4) is 0 Å². The average molecular weight is 238 g/mol. The lowest BCUT2D eigenvalue weighted by Gasteiger charge is -2.36. The maximum atomic E-state index is 14.2. The second-order valence-corrected chi connectivity index (χ2v) is 4.39. The van der Waals surface area contributed by atoms with Crippen LogP contribution in [-0.2, 0) is 6.42 Å². The van der Waals surface area contributed by atoms with Crippen LogP contribution in [0.3, 0.4) is 0 Å². The van der Waals surface area contributed by atoms with Crippen LogP contribution in [0.15, 0.2) is 6.33 Å². The van der Waals surface area contributed by atoms with E-state index in [9.17, 15) is 4.39 Å². The molecule has 1 aromatic rings. The Kier molecular flexibility index (Phi) is 3.89. The maximum Gasteiger partial charge on any atom is 0.187 e. The van der Waals surface area contributed by atoms with Gasteiger partial charge < -0.3 is 10.6 Å². The first-order chi connectivity index (χ1) is 8.27. The molecule has 17 heavy (non-hydrogen) atoms. The van der Waals surface area contributed by atoms with Crippen molar-refractivity contribution in [3.63, 3.8) is 0 Å². The summed E-state index contributed by atoms with van der Waals surface area (Å²) in [7, 11) is 0. The van der Waals surface area contributed by atoms with Crippen LogP contribution in [0.2, 0.25) is 0 Å². The van der Waals surface area contributed by atoms with E-state index in [0.717, 1.165) is 25.8 Å². The molecule has 1 fully saturated rings.